The number of Topliss-reactive ketones (excluding diaryl/α,β-unsaturated/α-hetero) is 1. The number of carbonyl (C=O) groups excluding carboxylic acids is 1. The van der Waals surface area contributed by atoms with E-state index in [0.29, 0.717) is 12.0 Å². The van der Waals surface area contributed by atoms with Gasteiger partial charge < -0.3 is 5.73 Å². The molecule has 0 saturated carbocycles. The lowest BCUT2D eigenvalue weighted by Gasteiger charge is -2.32. The van der Waals surface area contributed by atoms with Crippen LogP contribution in [0.1, 0.15) is 43.1 Å². The summed E-state index contributed by atoms with van der Waals surface area (Å²) in [6.07, 6.45) is 6.09. The number of allylic oxidation sites excluding steroid dienone is 2. The summed E-state index contributed by atoms with van der Waals surface area (Å²) in [5.74, 6) is -0.0424. The van der Waals surface area contributed by atoms with Crippen LogP contribution in [0.3, 0.4) is 0 Å². The molecular formula is C18H22BrN3OS. The molecule has 128 valence electrons. The zero-order valence-corrected chi connectivity index (χ0v) is 16.4. The Kier molecular flexibility index (Phi) is 5.63. The molecule has 0 aromatic heterocycles. The van der Waals surface area contributed by atoms with E-state index in [9.17, 15) is 4.79 Å². The fraction of sp³-hybridized carbons (Fsp3) is 0.333. The van der Waals surface area contributed by atoms with E-state index in [4.69, 9.17) is 18.0 Å². The molecule has 1 aliphatic rings. The van der Waals surface area contributed by atoms with E-state index in [-0.39, 0.29) is 16.3 Å². The van der Waals surface area contributed by atoms with Crippen LogP contribution in [0.4, 0.5) is 0 Å². The van der Waals surface area contributed by atoms with Crippen molar-refractivity contribution in [3.8, 4) is 0 Å². The van der Waals surface area contributed by atoms with Crippen molar-refractivity contribution in [1.29, 1.82) is 0 Å². The molecule has 0 bridgehead atoms. The highest BCUT2D eigenvalue weighted by Crippen LogP contribution is 2.28. The van der Waals surface area contributed by atoms with Crippen LogP contribution in [0.25, 0.3) is 0 Å². The molecule has 1 aromatic rings. The minimum atomic E-state index is -0.927. The van der Waals surface area contributed by atoms with E-state index in [1.165, 1.54) is 5.56 Å². The van der Waals surface area contributed by atoms with Gasteiger partial charge in [-0.05, 0) is 35.7 Å². The molecule has 1 aromatic carbocycles. The summed E-state index contributed by atoms with van der Waals surface area (Å²) in [5.41, 5.74) is 12.1. The van der Waals surface area contributed by atoms with Crippen LogP contribution in [0.5, 0.6) is 0 Å². The van der Waals surface area contributed by atoms with Crippen LogP contribution in [-0.2, 0) is 5.41 Å². The lowest BCUT2D eigenvalue weighted by atomic mass is 9.82. The van der Waals surface area contributed by atoms with Crippen molar-refractivity contribution >= 4 is 39.0 Å². The lowest BCUT2D eigenvalue weighted by molar-refractivity contribution is 0.0886. The van der Waals surface area contributed by atoms with E-state index in [0.717, 1.165) is 4.48 Å². The van der Waals surface area contributed by atoms with Gasteiger partial charge in [-0.15, -0.1) is 0 Å². The Morgan fingerprint density at radius 2 is 1.92 bits per heavy atom. The molecule has 0 saturated heterocycles. The number of thiocarbonyl (C=S) groups is 1. The zero-order chi connectivity index (χ0) is 18.0. The van der Waals surface area contributed by atoms with Crippen molar-refractivity contribution in [2.45, 2.75) is 38.1 Å². The number of nitrogens with one attached hydrogen (secondary N) is 2. The standard InChI is InChI=1S/C18H22BrN3OS/c1-17(2,3)13-6-4-12(5-7-13)15(23)18(22-21-16(20)24)10-8-14(19)9-11-18/h4-10,22H,11H2,1-3H3,(H3,20,21,24). The predicted octanol–water partition coefficient (Wildman–Crippen LogP) is 3.48. The average molecular weight is 408 g/mol. The van der Waals surface area contributed by atoms with Crippen molar-refractivity contribution < 1.29 is 4.79 Å². The van der Waals surface area contributed by atoms with Crippen molar-refractivity contribution in [3.63, 3.8) is 0 Å². The summed E-state index contributed by atoms with van der Waals surface area (Å²) in [4.78, 5) is 13.1. The van der Waals surface area contributed by atoms with E-state index in [1.54, 1.807) is 0 Å². The van der Waals surface area contributed by atoms with Gasteiger partial charge in [0, 0.05) is 10.0 Å². The third kappa shape index (κ3) is 4.32. The molecule has 0 aliphatic heterocycles. The second kappa shape index (κ2) is 7.17. The van der Waals surface area contributed by atoms with Gasteiger partial charge in [0.05, 0.1) is 0 Å². The van der Waals surface area contributed by atoms with Gasteiger partial charge in [0.15, 0.2) is 10.9 Å². The number of nitrogens with two attached hydrogens (primary N) is 1. The molecule has 2 rings (SSSR count). The lowest BCUT2D eigenvalue weighted by Crippen LogP contribution is -2.59. The summed E-state index contributed by atoms with van der Waals surface area (Å²) in [5, 5.41) is 0.0901. The molecular weight excluding hydrogens is 386 g/mol. The maximum absolute atomic E-state index is 13.1. The molecule has 4 nitrogen and oxygen atoms in total. The maximum atomic E-state index is 13.1. The Balaban J connectivity index is 2.31. The molecule has 0 radical (unpaired) electrons. The van der Waals surface area contributed by atoms with Crippen molar-refractivity contribution in [1.82, 2.24) is 10.9 Å². The van der Waals surface area contributed by atoms with Crippen LogP contribution in [0.2, 0.25) is 0 Å². The van der Waals surface area contributed by atoms with Crippen LogP contribution in [0, 0.1) is 0 Å². The highest BCUT2D eigenvalue weighted by molar-refractivity contribution is 9.11. The number of benzene rings is 1. The number of rotatable bonds is 4. The van der Waals surface area contributed by atoms with Gasteiger partial charge in [0.25, 0.3) is 0 Å². The Labute approximate surface area is 156 Å². The zero-order valence-electron chi connectivity index (χ0n) is 14.0. The largest absolute Gasteiger partial charge is 0.375 e. The van der Waals surface area contributed by atoms with Gasteiger partial charge in [-0.3, -0.25) is 10.2 Å². The van der Waals surface area contributed by atoms with Gasteiger partial charge in [0.1, 0.15) is 5.54 Å². The molecule has 6 heteroatoms. The molecule has 24 heavy (non-hydrogen) atoms. The van der Waals surface area contributed by atoms with E-state index >= 15 is 0 Å². The van der Waals surface area contributed by atoms with E-state index in [1.807, 2.05) is 42.5 Å². The Morgan fingerprint density at radius 3 is 2.38 bits per heavy atom. The molecule has 1 unspecified atom stereocenters. The van der Waals surface area contributed by atoms with Crippen molar-refractivity contribution in [2.75, 3.05) is 0 Å². The first-order valence-electron chi connectivity index (χ1n) is 7.67. The summed E-state index contributed by atoms with van der Waals surface area (Å²) >= 11 is 8.26. The van der Waals surface area contributed by atoms with Crippen molar-refractivity contribution in [2.24, 2.45) is 5.73 Å². The summed E-state index contributed by atoms with van der Waals surface area (Å²) in [6.45, 7) is 6.43. The topological polar surface area (TPSA) is 67.2 Å². The highest BCUT2D eigenvalue weighted by Gasteiger charge is 2.37. The predicted molar refractivity (Wildman–Crippen MR) is 106 cm³/mol. The Hall–Kier alpha value is -1.50. The van der Waals surface area contributed by atoms with E-state index in [2.05, 4.69) is 47.6 Å². The van der Waals surface area contributed by atoms with Gasteiger partial charge in [-0.25, -0.2) is 5.43 Å². The van der Waals surface area contributed by atoms with Crippen molar-refractivity contribution in [3.05, 3.63) is 58.1 Å². The van der Waals surface area contributed by atoms with Crippen LogP contribution < -0.4 is 16.6 Å². The van der Waals surface area contributed by atoms with Crippen LogP contribution in [-0.4, -0.2) is 16.4 Å². The summed E-state index contributed by atoms with van der Waals surface area (Å²) in [6, 6.07) is 7.74. The van der Waals surface area contributed by atoms with Crippen LogP contribution in [0.15, 0.2) is 47.0 Å². The molecule has 1 atom stereocenters. The first-order chi connectivity index (χ1) is 11.1. The third-order valence-corrected chi connectivity index (χ3v) is 4.66. The Morgan fingerprint density at radius 1 is 1.29 bits per heavy atom. The van der Waals surface area contributed by atoms with Crippen LogP contribution >= 0.6 is 28.1 Å². The summed E-state index contributed by atoms with van der Waals surface area (Å²) in [7, 11) is 0. The molecule has 0 fully saturated rings. The van der Waals surface area contributed by atoms with Gasteiger partial charge in [0.2, 0.25) is 0 Å². The molecule has 0 spiro atoms. The first-order valence-corrected chi connectivity index (χ1v) is 8.87. The number of carbonyl (C=O) groups is 1. The number of hydrogen-bond acceptors (Lipinski definition) is 3. The third-order valence-electron chi connectivity index (χ3n) is 3.97. The Bertz CT molecular complexity index is 704. The number of hydrogen-bond donors (Lipinski definition) is 3. The number of halogens is 1. The fourth-order valence-corrected chi connectivity index (χ4v) is 2.83. The SMILES string of the molecule is CC(C)(C)c1ccc(C(=O)C2(NNC(N)=S)C=CC(Br)=CC2)cc1. The van der Waals surface area contributed by atoms with Gasteiger partial charge in [-0.1, -0.05) is 73.1 Å². The van der Waals surface area contributed by atoms with Gasteiger partial charge >= 0.3 is 0 Å². The normalized spacial score (nSPS) is 20.4. The molecule has 4 N–H and O–H groups in total. The van der Waals surface area contributed by atoms with E-state index < -0.39 is 5.54 Å². The molecule has 0 amide bonds. The minimum Gasteiger partial charge on any atom is -0.375 e. The monoisotopic (exact) mass is 407 g/mol. The first kappa shape index (κ1) is 18.8. The summed E-state index contributed by atoms with van der Waals surface area (Å²) < 4.78 is 0.936. The van der Waals surface area contributed by atoms with Gasteiger partial charge in [-0.2, -0.15) is 0 Å². The molecule has 1 aliphatic carbocycles. The second-order valence-electron chi connectivity index (χ2n) is 6.87. The second-order valence-corrected chi connectivity index (χ2v) is 8.22. The number of hydrazine groups is 1. The number of ketones is 1. The minimum absolute atomic E-state index is 0.0424. The highest BCUT2D eigenvalue weighted by atomic mass is 79.9. The molecule has 0 heterocycles. The quantitative estimate of drug-likeness (QED) is 0.404. The smallest absolute Gasteiger partial charge is 0.188 e. The fourth-order valence-electron chi connectivity index (χ4n) is 2.49. The maximum Gasteiger partial charge on any atom is 0.188 e. The average Bonchev–Trinajstić information content (AvgIpc) is 2.53.